The molecule has 0 saturated heterocycles. The molecule has 2 N–H and O–H groups in total. The molecule has 0 aliphatic rings. The van der Waals surface area contributed by atoms with Crippen LogP contribution in [0.4, 0.5) is 11.4 Å². The third kappa shape index (κ3) is 3.16. The number of nitrogens with two attached hydrogens (primary N) is 1. The normalized spacial score (nSPS) is 10.7. The molecule has 0 bridgehead atoms. The first-order chi connectivity index (χ1) is 10.0. The van der Waals surface area contributed by atoms with Gasteiger partial charge in [-0.25, -0.2) is 9.97 Å². The van der Waals surface area contributed by atoms with Crippen LogP contribution in [-0.2, 0) is 0 Å². The number of carbonyl (C=O) groups excluding carboxylic acids is 1. The predicted octanol–water partition coefficient (Wildman–Crippen LogP) is 2.24. The fourth-order valence-electron chi connectivity index (χ4n) is 1.95. The molecule has 2 aromatic heterocycles. The second-order valence-corrected chi connectivity index (χ2v) is 4.94. The topological polar surface area (TPSA) is 85.0 Å². The summed E-state index contributed by atoms with van der Waals surface area (Å²) in [4.78, 5) is 26.8. The summed E-state index contributed by atoms with van der Waals surface area (Å²) in [7, 11) is 0. The minimum absolute atomic E-state index is 0.133. The van der Waals surface area contributed by atoms with Crippen LogP contribution in [-0.4, -0.2) is 27.4 Å². The number of aromatic nitrogens is 3. The van der Waals surface area contributed by atoms with Crippen molar-refractivity contribution in [3.8, 4) is 0 Å². The zero-order valence-corrected chi connectivity index (χ0v) is 12.4. The largest absolute Gasteiger partial charge is 0.396 e. The third-order valence-electron chi connectivity index (χ3n) is 3.09. The smallest absolute Gasteiger partial charge is 0.279 e. The Balaban J connectivity index is 2.40. The Morgan fingerprint density at radius 1 is 1.33 bits per heavy atom. The highest BCUT2D eigenvalue weighted by atomic mass is 16.2. The van der Waals surface area contributed by atoms with Crippen LogP contribution in [0.1, 0.15) is 43.0 Å². The van der Waals surface area contributed by atoms with Crippen LogP contribution < -0.4 is 10.6 Å². The number of rotatable bonds is 4. The van der Waals surface area contributed by atoms with Crippen molar-refractivity contribution in [3.05, 3.63) is 42.2 Å². The van der Waals surface area contributed by atoms with Crippen molar-refractivity contribution in [3.63, 3.8) is 0 Å². The SMILES string of the molecule is CCN(C(=O)c1nc(C(C)C)ncc1N)c1ccncc1. The van der Waals surface area contributed by atoms with Gasteiger partial charge in [-0.15, -0.1) is 0 Å². The zero-order chi connectivity index (χ0) is 15.4. The molecule has 0 aliphatic heterocycles. The predicted molar refractivity (Wildman–Crippen MR) is 82.1 cm³/mol. The Hall–Kier alpha value is -2.50. The number of nitrogen functional groups attached to an aromatic ring is 1. The second kappa shape index (κ2) is 6.30. The molecule has 0 unspecified atom stereocenters. The summed E-state index contributed by atoms with van der Waals surface area (Å²) >= 11 is 0. The summed E-state index contributed by atoms with van der Waals surface area (Å²) in [6.45, 7) is 6.36. The Labute approximate surface area is 124 Å². The molecule has 0 radical (unpaired) electrons. The molecule has 0 atom stereocenters. The molecule has 110 valence electrons. The van der Waals surface area contributed by atoms with Gasteiger partial charge in [0.15, 0.2) is 5.69 Å². The van der Waals surface area contributed by atoms with E-state index in [0.717, 1.165) is 5.69 Å². The number of anilines is 2. The molecule has 2 aromatic rings. The standard InChI is InChI=1S/C15H19N5O/c1-4-20(11-5-7-17-8-6-11)15(21)13-12(16)9-18-14(19-13)10(2)3/h5-10H,4,16H2,1-3H3. The maximum atomic E-state index is 12.7. The summed E-state index contributed by atoms with van der Waals surface area (Å²) in [5.74, 6) is 0.511. The fraction of sp³-hybridized carbons (Fsp3) is 0.333. The van der Waals surface area contributed by atoms with Crippen molar-refractivity contribution < 1.29 is 4.79 Å². The van der Waals surface area contributed by atoms with Gasteiger partial charge in [-0.2, -0.15) is 0 Å². The minimum Gasteiger partial charge on any atom is -0.396 e. The molecule has 0 spiro atoms. The van der Waals surface area contributed by atoms with E-state index in [9.17, 15) is 4.79 Å². The van der Waals surface area contributed by atoms with Gasteiger partial charge in [0.05, 0.1) is 11.9 Å². The molecule has 21 heavy (non-hydrogen) atoms. The lowest BCUT2D eigenvalue weighted by Crippen LogP contribution is -2.32. The molecule has 2 heterocycles. The van der Waals surface area contributed by atoms with Crippen LogP contribution in [0.25, 0.3) is 0 Å². The van der Waals surface area contributed by atoms with Crippen LogP contribution in [0, 0.1) is 0 Å². The Morgan fingerprint density at radius 2 is 2.00 bits per heavy atom. The maximum Gasteiger partial charge on any atom is 0.279 e. The molecule has 0 aromatic carbocycles. The number of carbonyl (C=O) groups is 1. The summed E-state index contributed by atoms with van der Waals surface area (Å²) in [5.41, 5.74) is 7.17. The van der Waals surface area contributed by atoms with Gasteiger partial charge in [0.1, 0.15) is 5.82 Å². The first kappa shape index (κ1) is 14.9. The van der Waals surface area contributed by atoms with Gasteiger partial charge in [0, 0.05) is 30.5 Å². The Kier molecular flexibility index (Phi) is 4.47. The third-order valence-corrected chi connectivity index (χ3v) is 3.09. The summed E-state index contributed by atoms with van der Waals surface area (Å²) in [6, 6.07) is 3.56. The lowest BCUT2D eigenvalue weighted by Gasteiger charge is -2.21. The van der Waals surface area contributed by atoms with E-state index in [0.29, 0.717) is 12.4 Å². The molecular weight excluding hydrogens is 266 g/mol. The number of pyridine rings is 1. The molecular formula is C15H19N5O. The highest BCUT2D eigenvalue weighted by molar-refractivity contribution is 6.07. The lowest BCUT2D eigenvalue weighted by atomic mass is 10.2. The first-order valence-corrected chi connectivity index (χ1v) is 6.88. The number of amides is 1. The van der Waals surface area contributed by atoms with E-state index in [1.807, 2.05) is 20.8 Å². The van der Waals surface area contributed by atoms with Crippen LogP contribution >= 0.6 is 0 Å². The molecule has 0 saturated carbocycles. The van der Waals surface area contributed by atoms with Crippen molar-refractivity contribution in [1.82, 2.24) is 15.0 Å². The molecule has 6 heteroatoms. The molecule has 0 aliphatic carbocycles. The fourth-order valence-corrected chi connectivity index (χ4v) is 1.95. The number of nitrogens with zero attached hydrogens (tertiary/aromatic N) is 4. The van der Waals surface area contributed by atoms with E-state index in [4.69, 9.17) is 5.73 Å². The van der Waals surface area contributed by atoms with Gasteiger partial charge in [-0.3, -0.25) is 9.78 Å². The summed E-state index contributed by atoms with van der Waals surface area (Å²) < 4.78 is 0. The van der Waals surface area contributed by atoms with E-state index in [-0.39, 0.29) is 23.2 Å². The quantitative estimate of drug-likeness (QED) is 0.931. The van der Waals surface area contributed by atoms with E-state index >= 15 is 0 Å². The van der Waals surface area contributed by atoms with Gasteiger partial charge in [-0.1, -0.05) is 13.8 Å². The maximum absolute atomic E-state index is 12.7. The number of hydrogen-bond donors (Lipinski definition) is 1. The van der Waals surface area contributed by atoms with Crippen LogP contribution in [0.3, 0.4) is 0 Å². The van der Waals surface area contributed by atoms with E-state index in [1.54, 1.807) is 29.4 Å². The average Bonchev–Trinajstić information content (AvgIpc) is 2.49. The highest BCUT2D eigenvalue weighted by Crippen LogP contribution is 2.19. The van der Waals surface area contributed by atoms with Gasteiger partial charge in [0.2, 0.25) is 0 Å². The molecule has 2 rings (SSSR count). The van der Waals surface area contributed by atoms with Crippen molar-refractivity contribution in [2.24, 2.45) is 0 Å². The Morgan fingerprint density at radius 3 is 2.57 bits per heavy atom. The Bertz CT molecular complexity index is 627. The molecule has 0 fully saturated rings. The van der Waals surface area contributed by atoms with Gasteiger partial charge in [0.25, 0.3) is 5.91 Å². The van der Waals surface area contributed by atoms with Gasteiger partial charge >= 0.3 is 0 Å². The van der Waals surface area contributed by atoms with Crippen LogP contribution in [0.2, 0.25) is 0 Å². The van der Waals surface area contributed by atoms with E-state index < -0.39 is 0 Å². The molecule has 1 amide bonds. The van der Waals surface area contributed by atoms with Crippen LogP contribution in [0.15, 0.2) is 30.7 Å². The van der Waals surface area contributed by atoms with Gasteiger partial charge < -0.3 is 10.6 Å². The van der Waals surface area contributed by atoms with Crippen molar-refractivity contribution in [1.29, 1.82) is 0 Å². The lowest BCUT2D eigenvalue weighted by molar-refractivity contribution is 0.0984. The zero-order valence-electron chi connectivity index (χ0n) is 12.4. The first-order valence-electron chi connectivity index (χ1n) is 6.88. The van der Waals surface area contributed by atoms with Crippen molar-refractivity contribution in [2.45, 2.75) is 26.7 Å². The summed E-state index contributed by atoms with van der Waals surface area (Å²) in [5, 5.41) is 0. The van der Waals surface area contributed by atoms with Crippen molar-refractivity contribution >= 4 is 17.3 Å². The second-order valence-electron chi connectivity index (χ2n) is 4.94. The highest BCUT2D eigenvalue weighted by Gasteiger charge is 2.21. The van der Waals surface area contributed by atoms with Crippen LogP contribution in [0.5, 0.6) is 0 Å². The van der Waals surface area contributed by atoms with E-state index in [1.165, 1.54) is 6.20 Å². The average molecular weight is 285 g/mol. The van der Waals surface area contributed by atoms with E-state index in [2.05, 4.69) is 15.0 Å². The number of hydrogen-bond acceptors (Lipinski definition) is 5. The van der Waals surface area contributed by atoms with Gasteiger partial charge in [-0.05, 0) is 19.1 Å². The minimum atomic E-state index is -0.231. The molecule has 6 nitrogen and oxygen atoms in total. The summed E-state index contributed by atoms with van der Waals surface area (Å²) in [6.07, 6.45) is 4.79. The monoisotopic (exact) mass is 285 g/mol. The van der Waals surface area contributed by atoms with Crippen molar-refractivity contribution in [2.75, 3.05) is 17.2 Å².